The number of nitrogens with one attached hydrogen (secondary N) is 2. The largest absolute Gasteiger partial charge is 0.466 e. The highest BCUT2D eigenvalue weighted by atomic mass is 16.6. The van der Waals surface area contributed by atoms with Crippen molar-refractivity contribution in [3.05, 3.63) is 35.9 Å². The molecule has 0 radical (unpaired) electrons. The van der Waals surface area contributed by atoms with E-state index in [0.717, 1.165) is 12.8 Å². The van der Waals surface area contributed by atoms with Crippen molar-refractivity contribution < 1.29 is 28.7 Å². The van der Waals surface area contributed by atoms with Gasteiger partial charge in [-0.3, -0.25) is 14.4 Å². The van der Waals surface area contributed by atoms with Crippen molar-refractivity contribution in [3.8, 4) is 0 Å². The summed E-state index contributed by atoms with van der Waals surface area (Å²) < 4.78 is 10.2. The van der Waals surface area contributed by atoms with E-state index in [1.807, 2.05) is 6.07 Å². The average Bonchev–Trinajstić information content (AvgIpc) is 2.77. The first-order valence-electron chi connectivity index (χ1n) is 12.3. The third-order valence-corrected chi connectivity index (χ3v) is 5.00. The van der Waals surface area contributed by atoms with Crippen LogP contribution in [0.1, 0.15) is 78.8 Å². The summed E-state index contributed by atoms with van der Waals surface area (Å²) in [6.07, 6.45) is 1.84. The molecule has 0 saturated carbocycles. The Bertz CT molecular complexity index is 822. The van der Waals surface area contributed by atoms with Crippen molar-refractivity contribution in [1.82, 2.24) is 15.5 Å². The second-order valence-electron chi connectivity index (χ2n) is 9.27. The first kappa shape index (κ1) is 29.9. The second-order valence-corrected chi connectivity index (χ2v) is 9.27. The van der Waals surface area contributed by atoms with Gasteiger partial charge in [-0.15, -0.1) is 0 Å². The Morgan fingerprint density at radius 3 is 2.26 bits per heavy atom. The molecule has 35 heavy (non-hydrogen) atoms. The average molecular weight is 492 g/mol. The maximum Gasteiger partial charge on any atom is 0.408 e. The lowest BCUT2D eigenvalue weighted by Crippen LogP contribution is -2.52. The van der Waals surface area contributed by atoms with E-state index in [9.17, 15) is 19.2 Å². The van der Waals surface area contributed by atoms with Gasteiger partial charge in [-0.1, -0.05) is 50.1 Å². The van der Waals surface area contributed by atoms with E-state index < -0.39 is 41.6 Å². The number of esters is 1. The lowest BCUT2D eigenvalue weighted by molar-refractivity contribution is -0.144. The number of nitrogens with zero attached hydrogens (tertiary/aromatic N) is 1. The van der Waals surface area contributed by atoms with Crippen molar-refractivity contribution in [2.75, 3.05) is 19.7 Å². The number of alkyl carbamates (subject to hydrolysis) is 1. The van der Waals surface area contributed by atoms with Crippen LogP contribution < -0.4 is 10.6 Å². The molecule has 2 N–H and O–H groups in total. The van der Waals surface area contributed by atoms with Crippen LogP contribution in [0.4, 0.5) is 4.79 Å². The Morgan fingerprint density at radius 2 is 1.69 bits per heavy atom. The van der Waals surface area contributed by atoms with E-state index in [-0.39, 0.29) is 19.6 Å². The van der Waals surface area contributed by atoms with Crippen LogP contribution in [0.3, 0.4) is 0 Å². The normalized spacial score (nSPS) is 12.7. The minimum Gasteiger partial charge on any atom is -0.466 e. The van der Waals surface area contributed by atoms with Gasteiger partial charge < -0.3 is 25.0 Å². The standard InChI is InChI=1S/C26H41N3O6/c1-7-9-13-18-29(24(32)19(3)28-25(33)35-26(4,5)6)22(20-14-11-10-12-15-20)23(31)27-17-16-21(30)34-8-2/h10-12,14-15,19,22H,7-9,13,16-18H2,1-6H3,(H,27,31)(H,28,33). The fourth-order valence-electron chi connectivity index (χ4n) is 3.42. The fraction of sp³-hybridized carbons (Fsp3) is 0.615. The van der Waals surface area contributed by atoms with Crippen LogP contribution in [-0.4, -0.2) is 60.1 Å². The van der Waals surface area contributed by atoms with E-state index >= 15 is 0 Å². The van der Waals surface area contributed by atoms with Crippen LogP contribution in [0, 0.1) is 0 Å². The lowest BCUT2D eigenvalue weighted by atomic mass is 10.0. The first-order chi connectivity index (χ1) is 16.5. The number of rotatable bonds is 13. The van der Waals surface area contributed by atoms with Gasteiger partial charge >= 0.3 is 12.1 Å². The van der Waals surface area contributed by atoms with Crippen molar-refractivity contribution in [1.29, 1.82) is 0 Å². The van der Waals surface area contributed by atoms with Gasteiger partial charge in [0.25, 0.3) is 0 Å². The van der Waals surface area contributed by atoms with E-state index in [2.05, 4.69) is 17.6 Å². The number of ether oxygens (including phenoxy) is 2. The highest BCUT2D eigenvalue weighted by molar-refractivity contribution is 5.92. The van der Waals surface area contributed by atoms with E-state index in [4.69, 9.17) is 9.47 Å². The van der Waals surface area contributed by atoms with Gasteiger partial charge in [0.2, 0.25) is 11.8 Å². The molecule has 0 heterocycles. The summed E-state index contributed by atoms with van der Waals surface area (Å²) in [5.41, 5.74) is -0.0746. The van der Waals surface area contributed by atoms with E-state index in [0.29, 0.717) is 18.5 Å². The second kappa shape index (κ2) is 15.0. The zero-order valence-corrected chi connectivity index (χ0v) is 21.9. The predicted octanol–water partition coefficient (Wildman–Crippen LogP) is 3.73. The minimum absolute atomic E-state index is 0.0292. The summed E-state index contributed by atoms with van der Waals surface area (Å²) in [6.45, 7) is 11.2. The summed E-state index contributed by atoms with van der Waals surface area (Å²) >= 11 is 0. The van der Waals surface area contributed by atoms with Crippen molar-refractivity contribution in [2.24, 2.45) is 0 Å². The molecule has 0 saturated heterocycles. The zero-order valence-electron chi connectivity index (χ0n) is 21.9. The summed E-state index contributed by atoms with van der Waals surface area (Å²) in [6, 6.07) is 7.14. The molecule has 9 nitrogen and oxygen atoms in total. The van der Waals surface area contributed by atoms with Crippen molar-refractivity contribution in [2.45, 2.75) is 84.9 Å². The maximum absolute atomic E-state index is 13.5. The van der Waals surface area contributed by atoms with Crippen molar-refractivity contribution >= 4 is 23.9 Å². The Kier molecular flexibility index (Phi) is 12.8. The predicted molar refractivity (Wildman–Crippen MR) is 134 cm³/mol. The lowest BCUT2D eigenvalue weighted by Gasteiger charge is -2.33. The van der Waals surface area contributed by atoms with Crippen LogP contribution in [0.15, 0.2) is 30.3 Å². The number of carbonyl (C=O) groups is 4. The fourth-order valence-corrected chi connectivity index (χ4v) is 3.42. The molecule has 0 fully saturated rings. The molecule has 196 valence electrons. The number of hydrogen-bond acceptors (Lipinski definition) is 6. The molecule has 3 amide bonds. The van der Waals surface area contributed by atoms with Crippen LogP contribution in [0.2, 0.25) is 0 Å². The van der Waals surface area contributed by atoms with Crippen LogP contribution in [-0.2, 0) is 23.9 Å². The molecular weight excluding hydrogens is 450 g/mol. The molecule has 0 bridgehead atoms. The molecule has 1 rings (SSSR count). The minimum atomic E-state index is -0.925. The zero-order chi connectivity index (χ0) is 26.4. The number of benzene rings is 1. The summed E-state index contributed by atoms with van der Waals surface area (Å²) in [5, 5.41) is 5.34. The summed E-state index contributed by atoms with van der Waals surface area (Å²) in [7, 11) is 0. The number of carbonyl (C=O) groups excluding carboxylic acids is 4. The summed E-state index contributed by atoms with van der Waals surface area (Å²) in [5.74, 6) is -1.22. The molecule has 9 heteroatoms. The van der Waals surface area contributed by atoms with Crippen LogP contribution >= 0.6 is 0 Å². The topological polar surface area (TPSA) is 114 Å². The molecule has 0 aliphatic heterocycles. The Morgan fingerprint density at radius 1 is 1.03 bits per heavy atom. The third-order valence-electron chi connectivity index (χ3n) is 5.00. The smallest absolute Gasteiger partial charge is 0.408 e. The van der Waals surface area contributed by atoms with Gasteiger partial charge in [0.15, 0.2) is 0 Å². The van der Waals surface area contributed by atoms with Crippen molar-refractivity contribution in [3.63, 3.8) is 0 Å². The van der Waals surface area contributed by atoms with E-state index in [1.165, 1.54) is 4.90 Å². The molecule has 0 spiro atoms. The quantitative estimate of drug-likeness (QED) is 0.321. The summed E-state index contributed by atoms with van der Waals surface area (Å²) in [4.78, 5) is 52.3. The van der Waals surface area contributed by atoms with Gasteiger partial charge in [0.1, 0.15) is 17.7 Å². The van der Waals surface area contributed by atoms with Crippen LogP contribution in [0.5, 0.6) is 0 Å². The molecule has 0 aliphatic rings. The maximum atomic E-state index is 13.5. The molecule has 1 aromatic carbocycles. The highest BCUT2D eigenvalue weighted by Crippen LogP contribution is 2.23. The Balaban J connectivity index is 3.15. The van der Waals surface area contributed by atoms with Crippen LogP contribution in [0.25, 0.3) is 0 Å². The molecular formula is C26H41N3O6. The Labute approximate surface area is 208 Å². The molecule has 0 aromatic heterocycles. The SMILES string of the molecule is CCCCCN(C(=O)C(C)NC(=O)OC(C)(C)C)C(C(=O)NCCC(=O)OCC)c1ccccc1. The van der Waals surface area contributed by atoms with Gasteiger partial charge in [-0.25, -0.2) is 4.79 Å². The molecule has 2 unspecified atom stereocenters. The van der Waals surface area contributed by atoms with Gasteiger partial charge in [0, 0.05) is 13.1 Å². The van der Waals surface area contributed by atoms with Gasteiger partial charge in [0.05, 0.1) is 13.0 Å². The Hall–Kier alpha value is -3.10. The van der Waals surface area contributed by atoms with Gasteiger partial charge in [-0.2, -0.15) is 0 Å². The first-order valence-corrected chi connectivity index (χ1v) is 12.3. The monoisotopic (exact) mass is 491 g/mol. The number of amides is 3. The van der Waals surface area contributed by atoms with E-state index in [1.54, 1.807) is 58.9 Å². The molecule has 2 atom stereocenters. The third kappa shape index (κ3) is 11.2. The van der Waals surface area contributed by atoms with Gasteiger partial charge in [-0.05, 0) is 46.6 Å². The molecule has 1 aromatic rings. The highest BCUT2D eigenvalue weighted by Gasteiger charge is 2.34. The number of hydrogen-bond donors (Lipinski definition) is 2. The number of unbranched alkanes of at least 4 members (excludes halogenated alkanes) is 2. The molecule has 0 aliphatic carbocycles.